The Labute approximate surface area is 99.7 Å². The van der Waals surface area contributed by atoms with Crippen molar-refractivity contribution in [1.82, 2.24) is 4.98 Å². The van der Waals surface area contributed by atoms with Crippen molar-refractivity contribution >= 4 is 15.9 Å². The van der Waals surface area contributed by atoms with Crippen LogP contribution in [0, 0.1) is 6.92 Å². The van der Waals surface area contributed by atoms with Crippen LogP contribution in [-0.2, 0) is 0 Å². The van der Waals surface area contributed by atoms with Gasteiger partial charge in [0.2, 0.25) is 11.8 Å². The van der Waals surface area contributed by atoms with E-state index in [1.165, 1.54) is 6.92 Å². The van der Waals surface area contributed by atoms with Gasteiger partial charge in [-0.1, -0.05) is 12.1 Å². The summed E-state index contributed by atoms with van der Waals surface area (Å²) < 4.78 is 5.74. The molecule has 0 aliphatic heterocycles. The van der Waals surface area contributed by atoms with Crippen LogP contribution in [-0.4, -0.2) is 10.1 Å². The van der Waals surface area contributed by atoms with Gasteiger partial charge in [-0.25, -0.2) is 4.79 Å². The molecule has 4 nitrogen and oxygen atoms in total. The highest BCUT2D eigenvalue weighted by molar-refractivity contribution is 9.10. The molecule has 0 amide bonds. The van der Waals surface area contributed by atoms with Crippen LogP contribution in [0.15, 0.2) is 37.9 Å². The van der Waals surface area contributed by atoms with E-state index < -0.39 is 5.63 Å². The molecule has 0 spiro atoms. The molecule has 0 bridgehead atoms. The maximum Gasteiger partial charge on any atom is 0.345 e. The van der Waals surface area contributed by atoms with Gasteiger partial charge in [-0.3, -0.25) is 0 Å². The van der Waals surface area contributed by atoms with Gasteiger partial charge in [-0.2, -0.15) is 4.98 Å². The van der Waals surface area contributed by atoms with E-state index in [4.69, 9.17) is 4.42 Å². The lowest BCUT2D eigenvalue weighted by atomic mass is 10.2. The largest absolute Gasteiger partial charge is 0.493 e. The molecule has 0 atom stereocenters. The van der Waals surface area contributed by atoms with Crippen LogP contribution in [0.3, 0.4) is 0 Å². The van der Waals surface area contributed by atoms with Crippen molar-refractivity contribution in [1.29, 1.82) is 0 Å². The zero-order valence-corrected chi connectivity index (χ0v) is 9.98. The molecule has 82 valence electrons. The number of hydrogen-bond donors (Lipinski definition) is 1. The second kappa shape index (κ2) is 4.09. The summed E-state index contributed by atoms with van der Waals surface area (Å²) in [7, 11) is 0. The monoisotopic (exact) mass is 281 g/mol. The summed E-state index contributed by atoms with van der Waals surface area (Å²) in [6, 6.07) is 7.16. The molecule has 0 aliphatic rings. The maximum absolute atomic E-state index is 11.4. The SMILES string of the molecule is Cc1c(O)nc(-c2ccccc2Br)oc1=O. The Kier molecular flexibility index (Phi) is 2.78. The molecular weight excluding hydrogens is 274 g/mol. The smallest absolute Gasteiger partial charge is 0.345 e. The molecule has 1 N–H and O–H groups in total. The average Bonchev–Trinajstić information content (AvgIpc) is 2.26. The third kappa shape index (κ3) is 1.86. The molecule has 2 rings (SSSR count). The third-order valence-electron chi connectivity index (χ3n) is 2.14. The highest BCUT2D eigenvalue weighted by Gasteiger charge is 2.12. The van der Waals surface area contributed by atoms with E-state index in [-0.39, 0.29) is 17.3 Å². The summed E-state index contributed by atoms with van der Waals surface area (Å²) in [4.78, 5) is 15.2. The fraction of sp³-hybridized carbons (Fsp3) is 0.0909. The second-order valence-corrected chi connectivity index (χ2v) is 4.09. The zero-order chi connectivity index (χ0) is 11.7. The molecule has 0 saturated carbocycles. The van der Waals surface area contributed by atoms with Gasteiger partial charge in [-0.05, 0) is 35.0 Å². The van der Waals surface area contributed by atoms with Gasteiger partial charge in [0.05, 0.1) is 11.1 Å². The standard InChI is InChI=1S/C11H8BrNO3/c1-6-9(14)13-10(16-11(6)15)7-4-2-3-5-8(7)12/h2-5,14H,1H3. The van der Waals surface area contributed by atoms with Gasteiger partial charge >= 0.3 is 5.63 Å². The first-order chi connectivity index (χ1) is 7.59. The van der Waals surface area contributed by atoms with Crippen molar-refractivity contribution in [2.45, 2.75) is 6.92 Å². The summed E-state index contributed by atoms with van der Waals surface area (Å²) in [6.45, 7) is 1.46. The molecule has 2 aromatic rings. The Hall–Kier alpha value is -1.62. The van der Waals surface area contributed by atoms with Crippen LogP contribution >= 0.6 is 15.9 Å². The molecule has 0 fully saturated rings. The van der Waals surface area contributed by atoms with Crippen LogP contribution in [0.4, 0.5) is 0 Å². The van der Waals surface area contributed by atoms with Crippen molar-refractivity contribution in [2.75, 3.05) is 0 Å². The molecule has 16 heavy (non-hydrogen) atoms. The second-order valence-electron chi connectivity index (χ2n) is 3.23. The summed E-state index contributed by atoms with van der Waals surface area (Å²) in [6.07, 6.45) is 0. The van der Waals surface area contributed by atoms with Crippen molar-refractivity contribution in [2.24, 2.45) is 0 Å². The van der Waals surface area contributed by atoms with Crippen molar-refractivity contribution < 1.29 is 9.52 Å². The summed E-state index contributed by atoms with van der Waals surface area (Å²) in [5.41, 5.74) is 0.143. The van der Waals surface area contributed by atoms with E-state index >= 15 is 0 Å². The van der Waals surface area contributed by atoms with E-state index in [0.29, 0.717) is 5.56 Å². The molecule has 0 unspecified atom stereocenters. The predicted octanol–water partition coefficient (Wildman–Crippen LogP) is 2.48. The third-order valence-corrected chi connectivity index (χ3v) is 2.83. The fourth-order valence-electron chi connectivity index (χ4n) is 1.21. The van der Waals surface area contributed by atoms with Gasteiger partial charge in [0, 0.05) is 4.47 Å². The predicted molar refractivity (Wildman–Crippen MR) is 62.3 cm³/mol. The van der Waals surface area contributed by atoms with Gasteiger partial charge in [0.25, 0.3) is 0 Å². The molecule has 0 saturated heterocycles. The van der Waals surface area contributed by atoms with Gasteiger partial charge in [0.15, 0.2) is 0 Å². The minimum atomic E-state index is -0.585. The molecule has 1 aromatic heterocycles. The lowest BCUT2D eigenvalue weighted by Gasteiger charge is -2.03. The Morgan fingerprint density at radius 2 is 2.06 bits per heavy atom. The summed E-state index contributed by atoms with van der Waals surface area (Å²) in [5, 5.41) is 9.45. The van der Waals surface area contributed by atoms with Gasteiger partial charge in [-0.15, -0.1) is 0 Å². The highest BCUT2D eigenvalue weighted by Crippen LogP contribution is 2.26. The van der Waals surface area contributed by atoms with Crippen LogP contribution in [0.2, 0.25) is 0 Å². The molecule has 0 aliphatic carbocycles. The molecule has 0 radical (unpaired) electrons. The Bertz CT molecular complexity index is 592. The number of aromatic nitrogens is 1. The normalized spacial score (nSPS) is 10.4. The lowest BCUT2D eigenvalue weighted by Crippen LogP contribution is -2.05. The minimum absolute atomic E-state index is 0.0978. The number of rotatable bonds is 1. The van der Waals surface area contributed by atoms with E-state index in [0.717, 1.165) is 4.47 Å². The average molecular weight is 282 g/mol. The van der Waals surface area contributed by atoms with Crippen LogP contribution in [0.5, 0.6) is 5.88 Å². The van der Waals surface area contributed by atoms with Crippen molar-refractivity contribution in [3.63, 3.8) is 0 Å². The Morgan fingerprint density at radius 1 is 1.38 bits per heavy atom. The van der Waals surface area contributed by atoms with Gasteiger partial charge < -0.3 is 9.52 Å². The number of halogens is 1. The first kappa shape index (κ1) is 10.9. The van der Waals surface area contributed by atoms with E-state index in [1.54, 1.807) is 18.2 Å². The van der Waals surface area contributed by atoms with E-state index in [2.05, 4.69) is 20.9 Å². The first-order valence-corrected chi connectivity index (χ1v) is 5.34. The first-order valence-electron chi connectivity index (χ1n) is 4.55. The summed E-state index contributed by atoms with van der Waals surface area (Å²) in [5.74, 6) is -0.206. The number of hydrogen-bond acceptors (Lipinski definition) is 4. The van der Waals surface area contributed by atoms with Crippen LogP contribution < -0.4 is 5.63 Å². The number of benzene rings is 1. The molecule has 5 heteroatoms. The van der Waals surface area contributed by atoms with E-state index in [9.17, 15) is 9.90 Å². The van der Waals surface area contributed by atoms with Crippen LogP contribution in [0.25, 0.3) is 11.5 Å². The summed E-state index contributed by atoms with van der Waals surface area (Å²) >= 11 is 3.32. The Morgan fingerprint density at radius 3 is 2.69 bits per heavy atom. The van der Waals surface area contributed by atoms with Gasteiger partial charge in [0.1, 0.15) is 0 Å². The lowest BCUT2D eigenvalue weighted by molar-refractivity contribution is 0.414. The quantitative estimate of drug-likeness (QED) is 0.872. The molecule has 1 aromatic carbocycles. The van der Waals surface area contributed by atoms with Crippen LogP contribution in [0.1, 0.15) is 5.56 Å². The number of aromatic hydroxyl groups is 1. The maximum atomic E-state index is 11.4. The molecule has 1 heterocycles. The zero-order valence-electron chi connectivity index (χ0n) is 8.40. The van der Waals surface area contributed by atoms with Crippen molar-refractivity contribution in [3.05, 3.63) is 44.7 Å². The van der Waals surface area contributed by atoms with E-state index in [1.807, 2.05) is 6.07 Å². The fourth-order valence-corrected chi connectivity index (χ4v) is 1.66. The minimum Gasteiger partial charge on any atom is -0.493 e. The number of nitrogens with zero attached hydrogens (tertiary/aromatic N) is 1. The highest BCUT2D eigenvalue weighted by atomic mass is 79.9. The molecular formula is C11H8BrNO3. The van der Waals surface area contributed by atoms with Crippen molar-refractivity contribution in [3.8, 4) is 17.3 Å². The Balaban J connectivity index is 2.67. The topological polar surface area (TPSA) is 63.3 Å².